The van der Waals surface area contributed by atoms with Gasteiger partial charge in [-0.25, -0.2) is 13.1 Å². The highest BCUT2D eigenvalue weighted by Gasteiger charge is 2.26. The first-order valence-corrected chi connectivity index (χ1v) is 8.09. The van der Waals surface area contributed by atoms with Gasteiger partial charge in [-0.15, -0.1) is 0 Å². The number of benzene rings is 1. The lowest BCUT2D eigenvalue weighted by Crippen LogP contribution is -2.32. The van der Waals surface area contributed by atoms with Crippen molar-refractivity contribution < 1.29 is 13.3 Å². The molecule has 4 N–H and O–H groups in total. The van der Waals surface area contributed by atoms with Crippen LogP contribution in [0.3, 0.4) is 0 Å². The zero-order valence-corrected chi connectivity index (χ0v) is 12.4. The van der Waals surface area contributed by atoms with Gasteiger partial charge in [0.15, 0.2) is 0 Å². The van der Waals surface area contributed by atoms with E-state index in [2.05, 4.69) is 10.1 Å². The van der Waals surface area contributed by atoms with Crippen LogP contribution in [0.5, 0.6) is 0 Å². The molecule has 0 saturated heterocycles. The molecule has 0 heterocycles. The third-order valence-corrected chi connectivity index (χ3v) is 5.29. The van der Waals surface area contributed by atoms with Crippen molar-refractivity contribution in [3.63, 3.8) is 0 Å². The first-order chi connectivity index (χ1) is 9.85. The molecule has 0 radical (unpaired) electrons. The molecule has 0 bridgehead atoms. The molecule has 2 rings (SSSR count). The molecular weight excluding hydrogens is 296 g/mol. The minimum absolute atomic E-state index is 0.0791. The molecule has 0 amide bonds. The van der Waals surface area contributed by atoms with Gasteiger partial charge >= 0.3 is 0 Å². The second-order valence-corrected chi connectivity index (χ2v) is 6.92. The number of nitrogens with one attached hydrogen (secondary N) is 2. The predicted molar refractivity (Wildman–Crippen MR) is 78.2 cm³/mol. The number of hydrogen-bond donors (Lipinski definition) is 3. The largest absolute Gasteiger partial charge is 0.318 e. The van der Waals surface area contributed by atoms with Crippen molar-refractivity contribution in [1.29, 1.82) is 0 Å². The third kappa shape index (κ3) is 3.31. The SMILES string of the molecule is Cc1cc(NN)c([N+](=O)[O-])cc1S(=O)(=O)NCC1CCC1. The Labute approximate surface area is 122 Å². The van der Waals surface area contributed by atoms with E-state index in [1.807, 2.05) is 0 Å². The van der Waals surface area contributed by atoms with Crippen LogP contribution in [0.4, 0.5) is 11.4 Å². The number of nitrogens with two attached hydrogens (primary N) is 1. The van der Waals surface area contributed by atoms with E-state index >= 15 is 0 Å². The Bertz CT molecular complexity index is 655. The first-order valence-electron chi connectivity index (χ1n) is 6.60. The molecule has 8 nitrogen and oxygen atoms in total. The monoisotopic (exact) mass is 314 g/mol. The van der Waals surface area contributed by atoms with Crippen molar-refractivity contribution in [2.75, 3.05) is 12.0 Å². The number of aryl methyl sites for hydroxylation is 1. The van der Waals surface area contributed by atoms with Crippen LogP contribution in [-0.4, -0.2) is 19.9 Å². The van der Waals surface area contributed by atoms with Crippen LogP contribution in [0.1, 0.15) is 24.8 Å². The van der Waals surface area contributed by atoms with E-state index in [1.54, 1.807) is 6.92 Å². The number of hydrazine groups is 1. The van der Waals surface area contributed by atoms with Crippen molar-refractivity contribution in [3.8, 4) is 0 Å². The van der Waals surface area contributed by atoms with Crippen LogP contribution < -0.4 is 16.0 Å². The highest BCUT2D eigenvalue weighted by Crippen LogP contribution is 2.30. The molecule has 0 aliphatic heterocycles. The molecule has 116 valence electrons. The fraction of sp³-hybridized carbons (Fsp3) is 0.500. The average molecular weight is 314 g/mol. The van der Waals surface area contributed by atoms with Crippen LogP contribution in [-0.2, 0) is 10.0 Å². The van der Waals surface area contributed by atoms with Gasteiger partial charge in [-0.2, -0.15) is 0 Å². The van der Waals surface area contributed by atoms with Gasteiger partial charge < -0.3 is 5.43 Å². The zero-order chi connectivity index (χ0) is 15.6. The quantitative estimate of drug-likeness (QED) is 0.412. The third-order valence-electron chi connectivity index (χ3n) is 3.72. The van der Waals surface area contributed by atoms with E-state index < -0.39 is 14.9 Å². The van der Waals surface area contributed by atoms with Gasteiger partial charge in [0.2, 0.25) is 10.0 Å². The number of nitro groups is 1. The molecule has 0 aromatic heterocycles. The maximum Gasteiger partial charge on any atom is 0.295 e. The smallest absolute Gasteiger partial charge is 0.295 e. The van der Waals surface area contributed by atoms with Gasteiger partial charge in [0.05, 0.1) is 9.82 Å². The summed E-state index contributed by atoms with van der Waals surface area (Å²) >= 11 is 0. The fourth-order valence-electron chi connectivity index (χ4n) is 2.24. The van der Waals surface area contributed by atoms with Crippen LogP contribution in [0.25, 0.3) is 0 Å². The number of nitro benzene ring substituents is 1. The van der Waals surface area contributed by atoms with Gasteiger partial charge in [0, 0.05) is 12.6 Å². The lowest BCUT2D eigenvalue weighted by molar-refractivity contribution is -0.384. The molecule has 1 aromatic rings. The van der Waals surface area contributed by atoms with Crippen molar-refractivity contribution in [3.05, 3.63) is 27.8 Å². The Balaban J connectivity index is 2.32. The summed E-state index contributed by atoms with van der Waals surface area (Å²) in [4.78, 5) is 10.2. The number of hydrogen-bond acceptors (Lipinski definition) is 6. The van der Waals surface area contributed by atoms with Crippen LogP contribution >= 0.6 is 0 Å². The molecule has 9 heteroatoms. The summed E-state index contributed by atoms with van der Waals surface area (Å²) in [5.41, 5.74) is 2.32. The van der Waals surface area contributed by atoms with E-state index in [4.69, 9.17) is 5.84 Å². The van der Waals surface area contributed by atoms with Crippen LogP contribution in [0.2, 0.25) is 0 Å². The summed E-state index contributed by atoms with van der Waals surface area (Å²) in [6.07, 6.45) is 3.14. The number of nitrogen functional groups attached to an aromatic ring is 1. The first kappa shape index (κ1) is 15.7. The zero-order valence-electron chi connectivity index (χ0n) is 11.6. The Morgan fingerprint density at radius 1 is 1.43 bits per heavy atom. The predicted octanol–water partition coefficient (Wildman–Crippen LogP) is 1.27. The number of rotatable bonds is 6. The van der Waals surface area contributed by atoms with E-state index in [0.717, 1.165) is 25.3 Å². The maximum absolute atomic E-state index is 12.3. The molecule has 0 atom stereocenters. The van der Waals surface area contributed by atoms with Crippen molar-refractivity contribution in [2.45, 2.75) is 31.1 Å². The summed E-state index contributed by atoms with van der Waals surface area (Å²) in [7, 11) is -3.77. The minimum atomic E-state index is -3.77. The van der Waals surface area contributed by atoms with E-state index in [0.29, 0.717) is 18.0 Å². The highest BCUT2D eigenvalue weighted by atomic mass is 32.2. The second-order valence-electron chi connectivity index (χ2n) is 5.19. The van der Waals surface area contributed by atoms with Crippen LogP contribution in [0.15, 0.2) is 17.0 Å². The summed E-state index contributed by atoms with van der Waals surface area (Å²) in [5, 5.41) is 11.0. The lowest BCUT2D eigenvalue weighted by atomic mass is 9.86. The molecule has 1 aliphatic rings. The van der Waals surface area contributed by atoms with Crippen LogP contribution in [0, 0.1) is 23.0 Å². The molecule has 0 unspecified atom stereocenters. The molecule has 0 spiro atoms. The second kappa shape index (κ2) is 5.96. The Morgan fingerprint density at radius 2 is 2.10 bits per heavy atom. The minimum Gasteiger partial charge on any atom is -0.318 e. The van der Waals surface area contributed by atoms with E-state index in [-0.39, 0.29) is 16.3 Å². The van der Waals surface area contributed by atoms with E-state index in [1.165, 1.54) is 6.07 Å². The lowest BCUT2D eigenvalue weighted by Gasteiger charge is -2.25. The normalized spacial score (nSPS) is 15.5. The van der Waals surface area contributed by atoms with Crippen molar-refractivity contribution >= 4 is 21.4 Å². The van der Waals surface area contributed by atoms with E-state index in [9.17, 15) is 18.5 Å². The fourth-order valence-corrected chi connectivity index (χ4v) is 3.60. The number of sulfonamides is 1. The Kier molecular flexibility index (Phi) is 4.45. The molecule has 1 fully saturated rings. The molecular formula is C12H18N4O4S. The van der Waals surface area contributed by atoms with Crippen molar-refractivity contribution in [2.24, 2.45) is 11.8 Å². The molecule has 1 aromatic carbocycles. The Morgan fingerprint density at radius 3 is 2.57 bits per heavy atom. The summed E-state index contributed by atoms with van der Waals surface area (Å²) in [6.45, 7) is 1.94. The maximum atomic E-state index is 12.3. The Hall–Kier alpha value is -1.71. The van der Waals surface area contributed by atoms with Crippen molar-refractivity contribution in [1.82, 2.24) is 4.72 Å². The number of anilines is 1. The average Bonchev–Trinajstić information content (AvgIpc) is 2.35. The van der Waals surface area contributed by atoms with Gasteiger partial charge in [-0.1, -0.05) is 6.42 Å². The molecule has 1 saturated carbocycles. The summed E-state index contributed by atoms with van der Waals surface area (Å²) in [6, 6.07) is 2.39. The summed E-state index contributed by atoms with van der Waals surface area (Å²) in [5.74, 6) is 5.58. The molecule has 1 aliphatic carbocycles. The van der Waals surface area contributed by atoms with Gasteiger partial charge in [0.25, 0.3) is 5.69 Å². The topological polar surface area (TPSA) is 127 Å². The highest BCUT2D eigenvalue weighted by molar-refractivity contribution is 7.89. The van der Waals surface area contributed by atoms with Gasteiger partial charge in [-0.3, -0.25) is 16.0 Å². The van der Waals surface area contributed by atoms with Gasteiger partial charge in [-0.05, 0) is 37.3 Å². The summed E-state index contributed by atoms with van der Waals surface area (Å²) < 4.78 is 27.1. The van der Waals surface area contributed by atoms with Gasteiger partial charge in [0.1, 0.15) is 5.69 Å². The number of nitrogens with zero attached hydrogens (tertiary/aromatic N) is 1. The molecule has 21 heavy (non-hydrogen) atoms. The standard InChI is InChI=1S/C12H18N4O4S/c1-8-5-10(15-13)11(16(17)18)6-12(8)21(19,20)14-7-9-3-2-4-9/h5-6,9,14-15H,2-4,7,13H2,1H3.